The molecule has 92 valence electrons. The molecule has 0 aliphatic rings. The first-order chi connectivity index (χ1) is 8.54. The number of carboxylic acid groups (broad SMARTS) is 1. The molecule has 5 nitrogen and oxygen atoms in total. The van der Waals surface area contributed by atoms with Crippen LogP contribution in [0.2, 0.25) is 5.02 Å². The molecule has 0 atom stereocenters. The van der Waals surface area contributed by atoms with Crippen LogP contribution in [0, 0.1) is 6.92 Å². The minimum Gasteiger partial charge on any atom is -0.481 e. The van der Waals surface area contributed by atoms with E-state index in [0.29, 0.717) is 16.5 Å². The first-order valence-electron chi connectivity index (χ1n) is 5.42. The molecule has 0 amide bonds. The molecule has 0 bridgehead atoms. The molecular weight excluding hydrogens is 254 g/mol. The van der Waals surface area contributed by atoms with Crippen LogP contribution in [0.1, 0.15) is 11.3 Å². The van der Waals surface area contributed by atoms with Gasteiger partial charge >= 0.3 is 5.97 Å². The zero-order valence-electron chi connectivity index (χ0n) is 9.57. The van der Waals surface area contributed by atoms with Gasteiger partial charge in [-0.1, -0.05) is 11.6 Å². The highest BCUT2D eigenvalue weighted by Gasteiger charge is 2.12. The quantitative estimate of drug-likeness (QED) is 0.746. The van der Waals surface area contributed by atoms with Crippen molar-refractivity contribution in [1.82, 2.24) is 14.4 Å². The number of carbonyl (C=O) groups is 1. The Labute approximate surface area is 107 Å². The molecule has 1 aromatic carbocycles. The number of nitrogens with zero attached hydrogens (tertiary/aromatic N) is 2. The van der Waals surface area contributed by atoms with Crippen LogP contribution in [0.15, 0.2) is 18.3 Å². The Kier molecular flexibility index (Phi) is 2.31. The second-order valence-electron chi connectivity index (χ2n) is 4.27. The van der Waals surface area contributed by atoms with E-state index in [1.54, 1.807) is 6.20 Å². The van der Waals surface area contributed by atoms with Crippen LogP contribution in [0.4, 0.5) is 0 Å². The van der Waals surface area contributed by atoms with Crippen molar-refractivity contribution in [2.75, 3.05) is 0 Å². The number of aryl methyl sites for hydroxylation is 1. The highest BCUT2D eigenvalue weighted by Crippen LogP contribution is 2.26. The molecule has 0 unspecified atom stereocenters. The summed E-state index contributed by atoms with van der Waals surface area (Å²) in [6.07, 6.45) is 1.69. The van der Waals surface area contributed by atoms with E-state index >= 15 is 0 Å². The smallest absolute Gasteiger partial charge is 0.309 e. The molecule has 3 rings (SSSR count). The van der Waals surface area contributed by atoms with E-state index in [0.717, 1.165) is 16.6 Å². The lowest BCUT2D eigenvalue weighted by molar-refractivity contribution is -0.136. The fourth-order valence-corrected chi connectivity index (χ4v) is 2.40. The summed E-state index contributed by atoms with van der Waals surface area (Å²) in [5, 5.41) is 9.36. The van der Waals surface area contributed by atoms with Crippen LogP contribution < -0.4 is 0 Å². The van der Waals surface area contributed by atoms with Crippen molar-refractivity contribution >= 4 is 34.4 Å². The van der Waals surface area contributed by atoms with Gasteiger partial charge in [0, 0.05) is 11.9 Å². The number of hydrogen-bond donors (Lipinski definition) is 2. The lowest BCUT2D eigenvalue weighted by Gasteiger charge is -1.96. The van der Waals surface area contributed by atoms with E-state index in [1.165, 1.54) is 0 Å². The number of aliphatic carboxylic acids is 1. The summed E-state index contributed by atoms with van der Waals surface area (Å²) in [7, 11) is 0. The summed E-state index contributed by atoms with van der Waals surface area (Å²) in [4.78, 5) is 18.0. The average molecular weight is 264 g/mol. The predicted octanol–water partition coefficient (Wildman–Crippen LogP) is 2.40. The van der Waals surface area contributed by atoms with E-state index in [-0.39, 0.29) is 6.42 Å². The second kappa shape index (κ2) is 3.74. The topological polar surface area (TPSA) is 70.4 Å². The third kappa shape index (κ3) is 1.64. The number of H-pyrrole nitrogens is 1. The molecule has 2 aromatic heterocycles. The van der Waals surface area contributed by atoms with Crippen molar-refractivity contribution in [2.24, 2.45) is 0 Å². The molecule has 2 heterocycles. The summed E-state index contributed by atoms with van der Waals surface area (Å²) < 4.78 is 1.83. The molecule has 0 saturated heterocycles. The summed E-state index contributed by atoms with van der Waals surface area (Å²) >= 11 is 6.13. The van der Waals surface area contributed by atoms with Crippen molar-refractivity contribution in [2.45, 2.75) is 13.3 Å². The SMILES string of the molecule is Cc1cc(Cl)c2nc3[nH]c(CC(=O)O)cn3c2c1. The van der Waals surface area contributed by atoms with Gasteiger partial charge in [-0.15, -0.1) is 0 Å². The Bertz CT molecular complexity index is 772. The van der Waals surface area contributed by atoms with Crippen molar-refractivity contribution < 1.29 is 9.90 Å². The monoisotopic (exact) mass is 263 g/mol. The first-order valence-corrected chi connectivity index (χ1v) is 5.80. The van der Waals surface area contributed by atoms with Crippen LogP contribution in [0.25, 0.3) is 16.8 Å². The van der Waals surface area contributed by atoms with Gasteiger partial charge in [-0.25, -0.2) is 4.98 Å². The van der Waals surface area contributed by atoms with Gasteiger partial charge < -0.3 is 10.1 Å². The Balaban J connectivity index is 2.27. The second-order valence-corrected chi connectivity index (χ2v) is 4.68. The zero-order valence-corrected chi connectivity index (χ0v) is 10.3. The van der Waals surface area contributed by atoms with E-state index in [2.05, 4.69) is 9.97 Å². The largest absolute Gasteiger partial charge is 0.481 e. The molecule has 18 heavy (non-hydrogen) atoms. The number of imidazole rings is 2. The zero-order chi connectivity index (χ0) is 12.9. The van der Waals surface area contributed by atoms with Gasteiger partial charge in [0.15, 0.2) is 0 Å². The minimum absolute atomic E-state index is 0.0512. The number of benzene rings is 1. The predicted molar refractivity (Wildman–Crippen MR) is 68.1 cm³/mol. The molecule has 3 aromatic rings. The summed E-state index contributed by atoms with van der Waals surface area (Å²) in [6, 6.07) is 3.83. The Morgan fingerprint density at radius 3 is 3.06 bits per heavy atom. The number of nitrogens with one attached hydrogen (secondary N) is 1. The van der Waals surface area contributed by atoms with Crippen LogP contribution in [0.3, 0.4) is 0 Å². The van der Waals surface area contributed by atoms with Gasteiger partial charge in [0.25, 0.3) is 0 Å². The minimum atomic E-state index is -0.877. The number of aromatic nitrogens is 3. The van der Waals surface area contributed by atoms with Gasteiger partial charge in [0.05, 0.1) is 17.0 Å². The standard InChI is InChI=1S/C12H10ClN3O2/c1-6-2-8(13)11-9(3-6)16-5-7(4-10(17)18)14-12(16)15-11/h2-3,5H,4H2,1H3,(H,14,15)(H,17,18). The van der Waals surface area contributed by atoms with Crippen molar-refractivity contribution in [3.8, 4) is 0 Å². The lowest BCUT2D eigenvalue weighted by atomic mass is 10.2. The van der Waals surface area contributed by atoms with Crippen molar-refractivity contribution in [3.05, 3.63) is 34.6 Å². The Morgan fingerprint density at radius 2 is 2.33 bits per heavy atom. The number of hydrogen-bond acceptors (Lipinski definition) is 2. The summed E-state index contributed by atoms with van der Waals surface area (Å²) in [6.45, 7) is 1.95. The first kappa shape index (κ1) is 11.1. The summed E-state index contributed by atoms with van der Waals surface area (Å²) in [5.74, 6) is -0.272. The Morgan fingerprint density at radius 1 is 1.56 bits per heavy atom. The van der Waals surface area contributed by atoms with Gasteiger partial charge in [-0.3, -0.25) is 9.20 Å². The number of halogens is 1. The van der Waals surface area contributed by atoms with Gasteiger partial charge in [0.1, 0.15) is 5.52 Å². The van der Waals surface area contributed by atoms with Crippen molar-refractivity contribution in [1.29, 1.82) is 0 Å². The molecule has 0 radical (unpaired) electrons. The Hall–Kier alpha value is -2.01. The van der Waals surface area contributed by atoms with Crippen molar-refractivity contribution in [3.63, 3.8) is 0 Å². The normalized spacial score (nSPS) is 11.4. The van der Waals surface area contributed by atoms with Crippen LogP contribution in [0.5, 0.6) is 0 Å². The van der Waals surface area contributed by atoms with E-state index in [4.69, 9.17) is 16.7 Å². The fourth-order valence-electron chi connectivity index (χ4n) is 2.09. The average Bonchev–Trinajstić information content (AvgIpc) is 2.75. The number of rotatable bonds is 2. The highest BCUT2D eigenvalue weighted by molar-refractivity contribution is 6.35. The molecular formula is C12H10ClN3O2. The van der Waals surface area contributed by atoms with Gasteiger partial charge in [-0.2, -0.15) is 0 Å². The molecule has 0 saturated carbocycles. The maximum Gasteiger partial charge on any atom is 0.309 e. The highest BCUT2D eigenvalue weighted by atomic mass is 35.5. The molecule has 0 aliphatic carbocycles. The molecule has 2 N–H and O–H groups in total. The number of fused-ring (bicyclic) bond motifs is 3. The van der Waals surface area contributed by atoms with E-state index in [1.807, 2.05) is 23.5 Å². The van der Waals surface area contributed by atoms with Crippen LogP contribution >= 0.6 is 11.6 Å². The van der Waals surface area contributed by atoms with Crippen LogP contribution in [-0.2, 0) is 11.2 Å². The van der Waals surface area contributed by atoms with E-state index < -0.39 is 5.97 Å². The maximum absolute atomic E-state index is 10.7. The third-order valence-corrected chi connectivity index (χ3v) is 3.08. The fraction of sp³-hybridized carbons (Fsp3) is 0.167. The molecule has 0 spiro atoms. The number of carboxylic acids is 1. The molecule has 0 fully saturated rings. The molecule has 0 aliphatic heterocycles. The van der Waals surface area contributed by atoms with Gasteiger partial charge in [0.2, 0.25) is 5.78 Å². The summed E-state index contributed by atoms with van der Waals surface area (Å²) in [5.41, 5.74) is 3.25. The lowest BCUT2D eigenvalue weighted by Crippen LogP contribution is -1.99. The number of aromatic amines is 1. The van der Waals surface area contributed by atoms with Crippen LogP contribution in [-0.4, -0.2) is 25.4 Å². The third-order valence-electron chi connectivity index (χ3n) is 2.79. The maximum atomic E-state index is 10.7. The molecule has 6 heteroatoms. The van der Waals surface area contributed by atoms with Gasteiger partial charge in [-0.05, 0) is 24.6 Å². The van der Waals surface area contributed by atoms with E-state index in [9.17, 15) is 4.79 Å².